The van der Waals surface area contributed by atoms with Gasteiger partial charge in [-0.3, -0.25) is 4.79 Å². The van der Waals surface area contributed by atoms with Crippen molar-refractivity contribution in [1.82, 2.24) is 29.8 Å². The van der Waals surface area contributed by atoms with E-state index in [2.05, 4.69) is 46.5 Å². The van der Waals surface area contributed by atoms with Crippen LogP contribution in [0.2, 0.25) is 5.15 Å². The van der Waals surface area contributed by atoms with Gasteiger partial charge in [-0.15, -0.1) is 5.10 Å². The largest absolute Gasteiger partial charge is 0.477 e. The molecular formula is C28H36ClN7O5S. The smallest absolute Gasteiger partial charge is 0.281 e. The van der Waals surface area contributed by atoms with Crippen molar-refractivity contribution >= 4 is 33.3 Å². The highest BCUT2D eigenvalue weighted by molar-refractivity contribution is 7.90. The van der Waals surface area contributed by atoms with Crippen LogP contribution in [0, 0.1) is 5.41 Å². The number of amides is 1. The van der Waals surface area contributed by atoms with E-state index < -0.39 is 15.9 Å². The Labute approximate surface area is 250 Å². The number of aromatic nitrogens is 4. The van der Waals surface area contributed by atoms with E-state index in [0.717, 1.165) is 19.4 Å². The minimum atomic E-state index is -4.29. The highest BCUT2D eigenvalue weighted by Gasteiger charge is 2.36. The van der Waals surface area contributed by atoms with Gasteiger partial charge in [-0.05, 0) is 69.2 Å². The summed E-state index contributed by atoms with van der Waals surface area (Å²) in [7, 11) is -4.29. The van der Waals surface area contributed by atoms with Crippen molar-refractivity contribution in [3.05, 3.63) is 53.3 Å². The van der Waals surface area contributed by atoms with Crippen LogP contribution >= 0.6 is 11.6 Å². The maximum Gasteiger partial charge on any atom is 0.281 e. The molecular weight excluding hydrogens is 582 g/mol. The van der Waals surface area contributed by atoms with E-state index in [1.54, 1.807) is 18.3 Å². The van der Waals surface area contributed by atoms with Gasteiger partial charge in [0.15, 0.2) is 10.8 Å². The summed E-state index contributed by atoms with van der Waals surface area (Å²) in [5, 5.41) is 10.3. The third-order valence-electron chi connectivity index (χ3n) is 7.47. The van der Waals surface area contributed by atoms with Gasteiger partial charge in [0.25, 0.3) is 15.9 Å². The standard InChI is InChI=1S/C28H36ClN7O5S/c1-27(2)17-19(18-31-27)40-16-13-30-21-5-4-6-24(32-21)42(38,39)35-26(37)20-7-8-22(33-25(20)29)36-14-9-23(34-36)41-15-12-28(3)10-11-28/h4-9,14,19,31H,10-13,15-18H2,1-3H3,(H,30,32)(H,35,37). The molecule has 0 aromatic carbocycles. The van der Waals surface area contributed by atoms with Crippen LogP contribution in [0.25, 0.3) is 5.82 Å². The molecule has 1 atom stereocenters. The quantitative estimate of drug-likeness (QED) is 0.192. The molecule has 1 aliphatic carbocycles. The van der Waals surface area contributed by atoms with Gasteiger partial charge in [-0.25, -0.2) is 19.4 Å². The number of rotatable bonds is 13. The summed E-state index contributed by atoms with van der Waals surface area (Å²) in [6.45, 7) is 8.75. The van der Waals surface area contributed by atoms with E-state index in [1.807, 2.05) is 4.72 Å². The maximum absolute atomic E-state index is 12.9. The minimum Gasteiger partial charge on any atom is -0.477 e. The molecule has 1 amide bonds. The lowest BCUT2D eigenvalue weighted by atomic mass is 10.0. The first-order valence-corrected chi connectivity index (χ1v) is 15.8. The number of sulfonamides is 1. The van der Waals surface area contributed by atoms with Gasteiger partial charge >= 0.3 is 0 Å². The number of pyridine rings is 2. The second-order valence-corrected chi connectivity index (χ2v) is 13.7. The number of halogens is 1. The molecule has 2 fully saturated rings. The molecule has 226 valence electrons. The summed E-state index contributed by atoms with van der Waals surface area (Å²) >= 11 is 6.27. The monoisotopic (exact) mass is 617 g/mol. The van der Waals surface area contributed by atoms with Crippen molar-refractivity contribution in [2.75, 3.05) is 31.6 Å². The number of carbonyl (C=O) groups excluding carboxylic acids is 1. The van der Waals surface area contributed by atoms with Crippen molar-refractivity contribution in [2.45, 2.75) is 63.1 Å². The van der Waals surface area contributed by atoms with Crippen molar-refractivity contribution in [1.29, 1.82) is 0 Å². The van der Waals surface area contributed by atoms with Crippen LogP contribution in [-0.2, 0) is 14.8 Å². The summed E-state index contributed by atoms with van der Waals surface area (Å²) in [5.74, 6) is 0.212. The molecule has 2 aliphatic rings. The first-order valence-electron chi connectivity index (χ1n) is 13.9. The fourth-order valence-corrected chi connectivity index (χ4v) is 5.79. The van der Waals surface area contributed by atoms with Gasteiger partial charge in [0.1, 0.15) is 11.0 Å². The van der Waals surface area contributed by atoms with Crippen LogP contribution in [0.5, 0.6) is 5.88 Å². The molecule has 5 rings (SSSR count). The number of nitrogens with zero attached hydrogens (tertiary/aromatic N) is 4. The van der Waals surface area contributed by atoms with Crippen molar-refractivity contribution in [3.63, 3.8) is 0 Å². The lowest BCUT2D eigenvalue weighted by molar-refractivity contribution is 0.0706. The SMILES string of the molecule is CC1(CCOc2ccn(-c3ccc(C(=O)NS(=O)(=O)c4cccc(NCCOC5CNC(C)(C)C5)n4)c(Cl)n3)n2)CC1. The Balaban J connectivity index is 1.15. The van der Waals surface area contributed by atoms with E-state index in [9.17, 15) is 13.2 Å². The highest BCUT2D eigenvalue weighted by atomic mass is 35.5. The fourth-order valence-electron chi connectivity index (χ4n) is 4.62. The van der Waals surface area contributed by atoms with Gasteiger partial charge in [0.05, 0.1) is 24.9 Å². The summed E-state index contributed by atoms with van der Waals surface area (Å²) in [5.41, 5.74) is 0.333. The number of anilines is 1. The summed E-state index contributed by atoms with van der Waals surface area (Å²) < 4.78 is 41.0. The maximum atomic E-state index is 12.9. The van der Waals surface area contributed by atoms with Crippen LogP contribution in [0.15, 0.2) is 47.6 Å². The molecule has 1 saturated carbocycles. The van der Waals surface area contributed by atoms with Gasteiger partial charge in [-0.1, -0.05) is 24.6 Å². The molecule has 12 nitrogen and oxygen atoms in total. The van der Waals surface area contributed by atoms with Crippen molar-refractivity contribution in [2.24, 2.45) is 5.41 Å². The molecule has 0 spiro atoms. The Hall–Kier alpha value is -3.26. The normalized spacial score (nSPS) is 18.9. The second kappa shape index (κ2) is 12.2. The molecule has 1 unspecified atom stereocenters. The number of ether oxygens (including phenoxy) is 2. The third kappa shape index (κ3) is 7.77. The number of hydrogen-bond donors (Lipinski definition) is 3. The second-order valence-electron chi connectivity index (χ2n) is 11.7. The minimum absolute atomic E-state index is 0.0571. The molecule has 42 heavy (non-hydrogen) atoms. The first-order chi connectivity index (χ1) is 19.9. The molecule has 3 N–H and O–H groups in total. The van der Waals surface area contributed by atoms with E-state index >= 15 is 0 Å². The number of carbonyl (C=O) groups is 1. The summed E-state index contributed by atoms with van der Waals surface area (Å²) in [4.78, 5) is 21.2. The van der Waals surface area contributed by atoms with Crippen molar-refractivity contribution < 1.29 is 22.7 Å². The molecule has 0 radical (unpaired) electrons. The van der Waals surface area contributed by atoms with Crippen LogP contribution in [0.3, 0.4) is 0 Å². The molecule has 3 aromatic heterocycles. The molecule has 0 bridgehead atoms. The van der Waals surface area contributed by atoms with Crippen LogP contribution in [0.1, 0.15) is 56.8 Å². The topological polar surface area (TPSA) is 149 Å². The number of nitrogens with one attached hydrogen (secondary N) is 3. The predicted molar refractivity (Wildman–Crippen MR) is 158 cm³/mol. The van der Waals surface area contributed by atoms with Crippen LogP contribution in [0.4, 0.5) is 5.82 Å². The Morgan fingerprint density at radius 3 is 2.67 bits per heavy atom. The van der Waals surface area contributed by atoms with E-state index in [4.69, 9.17) is 21.1 Å². The predicted octanol–water partition coefficient (Wildman–Crippen LogP) is 3.57. The van der Waals surface area contributed by atoms with Gasteiger partial charge in [0, 0.05) is 30.9 Å². The highest BCUT2D eigenvalue weighted by Crippen LogP contribution is 2.47. The Kier molecular flexibility index (Phi) is 8.74. The van der Waals surface area contributed by atoms with Crippen LogP contribution in [-0.4, -0.2) is 72.0 Å². The zero-order valence-electron chi connectivity index (χ0n) is 23.9. The molecule has 1 aliphatic heterocycles. The third-order valence-corrected chi connectivity index (χ3v) is 8.99. The van der Waals surface area contributed by atoms with Gasteiger partial charge in [0.2, 0.25) is 5.88 Å². The average molecular weight is 618 g/mol. The van der Waals surface area contributed by atoms with E-state index in [1.165, 1.54) is 41.8 Å². The Bertz CT molecular complexity index is 1540. The number of hydrogen-bond acceptors (Lipinski definition) is 10. The Morgan fingerprint density at radius 2 is 1.95 bits per heavy atom. The van der Waals surface area contributed by atoms with E-state index in [-0.39, 0.29) is 27.4 Å². The summed E-state index contributed by atoms with van der Waals surface area (Å²) in [6, 6.07) is 9.10. The van der Waals surface area contributed by atoms with Crippen molar-refractivity contribution in [3.8, 4) is 11.7 Å². The van der Waals surface area contributed by atoms with Crippen LogP contribution < -0.4 is 20.1 Å². The van der Waals surface area contributed by atoms with E-state index in [0.29, 0.717) is 42.7 Å². The lowest BCUT2D eigenvalue weighted by Crippen LogP contribution is -2.31. The lowest BCUT2D eigenvalue weighted by Gasteiger charge is -2.17. The molecule has 3 aromatic rings. The molecule has 1 saturated heterocycles. The molecule has 14 heteroatoms. The Morgan fingerprint density at radius 1 is 1.14 bits per heavy atom. The average Bonchev–Trinajstić information content (AvgIpc) is 3.31. The zero-order chi connectivity index (χ0) is 30.0. The van der Waals surface area contributed by atoms with Gasteiger partial charge < -0.3 is 20.1 Å². The fraction of sp³-hybridized carbons (Fsp3) is 0.500. The summed E-state index contributed by atoms with van der Waals surface area (Å²) in [6.07, 6.45) is 6.13. The first kappa shape index (κ1) is 30.2. The van der Waals surface area contributed by atoms with Gasteiger partial charge in [-0.2, -0.15) is 8.42 Å². The molecule has 4 heterocycles. The zero-order valence-corrected chi connectivity index (χ0v) is 25.5.